The maximum Gasteiger partial charge on any atom is 0.321 e. The van der Waals surface area contributed by atoms with Crippen LogP contribution in [0.25, 0.3) is 0 Å². The van der Waals surface area contributed by atoms with Crippen LogP contribution in [0.3, 0.4) is 0 Å². The number of nitrogens with zero attached hydrogens (tertiary/aromatic N) is 3. The fourth-order valence-electron chi connectivity index (χ4n) is 2.08. The topological polar surface area (TPSA) is 57.7 Å². The summed E-state index contributed by atoms with van der Waals surface area (Å²) in [5.74, 6) is -0.466. The molecule has 1 N–H and O–H groups in total. The number of rotatable bonds is 4. The maximum atomic E-state index is 13.0. The summed E-state index contributed by atoms with van der Waals surface area (Å²) in [6.07, 6.45) is 2.53. The number of hydrogen-bond acceptors (Lipinski definition) is 4. The second-order valence-corrected chi connectivity index (χ2v) is 4.64. The normalized spacial score (nSPS) is 16.2. The van der Waals surface area contributed by atoms with Crippen LogP contribution in [0.15, 0.2) is 18.5 Å². The van der Waals surface area contributed by atoms with Crippen molar-refractivity contribution in [3.8, 4) is 0 Å². The molecule has 1 aliphatic heterocycles. The zero-order chi connectivity index (χ0) is 14.4. The maximum absolute atomic E-state index is 13.0. The summed E-state index contributed by atoms with van der Waals surface area (Å²) in [5, 5.41) is 2.65. The monoisotopic (exact) mass is 282 g/mol. The van der Waals surface area contributed by atoms with Crippen LogP contribution in [0.1, 0.15) is 0 Å². The molecule has 20 heavy (non-hydrogen) atoms. The highest BCUT2D eigenvalue weighted by atomic mass is 19.1. The average molecular weight is 282 g/mol. The van der Waals surface area contributed by atoms with Gasteiger partial charge < -0.3 is 15.0 Å². The highest BCUT2D eigenvalue weighted by molar-refractivity contribution is 5.89. The molecule has 0 aromatic carbocycles. The Morgan fingerprint density at radius 2 is 2.15 bits per heavy atom. The number of amides is 2. The molecule has 0 spiro atoms. The van der Waals surface area contributed by atoms with Crippen molar-refractivity contribution in [2.75, 3.05) is 51.8 Å². The molecule has 6 nitrogen and oxygen atoms in total. The lowest BCUT2D eigenvalue weighted by atomic mass is 10.3. The van der Waals surface area contributed by atoms with E-state index in [1.54, 1.807) is 12.0 Å². The minimum Gasteiger partial charge on any atom is -0.383 e. The fraction of sp³-hybridized carbons (Fsp3) is 0.538. The first-order valence-corrected chi connectivity index (χ1v) is 6.57. The van der Waals surface area contributed by atoms with Crippen molar-refractivity contribution in [2.24, 2.45) is 0 Å². The van der Waals surface area contributed by atoms with E-state index in [1.807, 2.05) is 0 Å². The van der Waals surface area contributed by atoms with Gasteiger partial charge in [-0.1, -0.05) is 0 Å². The summed E-state index contributed by atoms with van der Waals surface area (Å²) in [6.45, 7) is 4.51. The Morgan fingerprint density at radius 1 is 1.40 bits per heavy atom. The molecule has 0 radical (unpaired) electrons. The van der Waals surface area contributed by atoms with Crippen molar-refractivity contribution < 1.29 is 13.9 Å². The van der Waals surface area contributed by atoms with Gasteiger partial charge in [0.15, 0.2) is 0 Å². The Balaban J connectivity index is 1.80. The van der Waals surface area contributed by atoms with E-state index >= 15 is 0 Å². The average Bonchev–Trinajstić information content (AvgIpc) is 2.45. The number of anilines is 1. The number of hydrogen-bond donors (Lipinski definition) is 1. The lowest BCUT2D eigenvalue weighted by molar-refractivity contribution is 0.109. The summed E-state index contributed by atoms with van der Waals surface area (Å²) in [4.78, 5) is 19.7. The van der Waals surface area contributed by atoms with E-state index in [0.29, 0.717) is 25.4 Å². The molecule has 0 unspecified atom stereocenters. The van der Waals surface area contributed by atoms with E-state index < -0.39 is 5.82 Å². The third kappa shape index (κ3) is 4.14. The van der Waals surface area contributed by atoms with Gasteiger partial charge in [-0.2, -0.15) is 0 Å². The largest absolute Gasteiger partial charge is 0.383 e. The molecule has 1 aromatic heterocycles. The highest BCUT2D eigenvalue weighted by Crippen LogP contribution is 2.09. The molecule has 1 aliphatic rings. The van der Waals surface area contributed by atoms with E-state index in [4.69, 9.17) is 4.74 Å². The van der Waals surface area contributed by atoms with Crippen molar-refractivity contribution in [3.63, 3.8) is 0 Å². The standard InChI is InChI=1S/C13H19FN4O2/c1-20-7-6-17-2-4-18(5-3-17)13(19)16-12-8-11(14)9-15-10-12/h8-10H,2-7H2,1H3,(H,16,19). The molecule has 2 amide bonds. The Kier molecular flexibility index (Phi) is 5.25. The van der Waals surface area contributed by atoms with Crippen LogP contribution < -0.4 is 5.32 Å². The van der Waals surface area contributed by atoms with Crippen molar-refractivity contribution in [1.29, 1.82) is 0 Å². The first-order chi connectivity index (χ1) is 9.69. The van der Waals surface area contributed by atoms with Crippen molar-refractivity contribution in [2.45, 2.75) is 0 Å². The van der Waals surface area contributed by atoms with Gasteiger partial charge in [0.25, 0.3) is 0 Å². The Bertz CT molecular complexity index is 450. The van der Waals surface area contributed by atoms with E-state index in [1.165, 1.54) is 12.3 Å². The van der Waals surface area contributed by atoms with Gasteiger partial charge in [-0.25, -0.2) is 9.18 Å². The third-order valence-corrected chi connectivity index (χ3v) is 3.23. The van der Waals surface area contributed by atoms with Crippen molar-refractivity contribution in [1.82, 2.24) is 14.8 Å². The smallest absolute Gasteiger partial charge is 0.321 e. The summed E-state index contributed by atoms with van der Waals surface area (Å²) in [6, 6.07) is 1.03. The Labute approximate surface area is 117 Å². The van der Waals surface area contributed by atoms with Crippen LogP contribution in [-0.2, 0) is 4.74 Å². The number of nitrogens with one attached hydrogen (secondary N) is 1. The second kappa shape index (κ2) is 7.16. The van der Waals surface area contributed by atoms with E-state index in [2.05, 4.69) is 15.2 Å². The first kappa shape index (κ1) is 14.7. The van der Waals surface area contributed by atoms with Crippen molar-refractivity contribution >= 4 is 11.7 Å². The van der Waals surface area contributed by atoms with Gasteiger partial charge in [0.2, 0.25) is 0 Å². The summed E-state index contributed by atoms with van der Waals surface area (Å²) < 4.78 is 18.0. The second-order valence-electron chi connectivity index (χ2n) is 4.64. The quantitative estimate of drug-likeness (QED) is 0.895. The number of ether oxygens (including phenoxy) is 1. The van der Waals surface area contributed by atoms with Crippen LogP contribution in [0.4, 0.5) is 14.9 Å². The Morgan fingerprint density at radius 3 is 2.80 bits per heavy atom. The lowest BCUT2D eigenvalue weighted by Gasteiger charge is -2.34. The predicted molar refractivity (Wildman–Crippen MR) is 73.1 cm³/mol. The SMILES string of the molecule is COCCN1CCN(C(=O)Nc2cncc(F)c2)CC1. The van der Waals surface area contributed by atoms with Crippen LogP contribution >= 0.6 is 0 Å². The molecule has 1 saturated heterocycles. The minimum atomic E-state index is -0.466. The van der Waals surface area contributed by atoms with Gasteiger partial charge in [-0.3, -0.25) is 9.88 Å². The molecule has 7 heteroatoms. The zero-order valence-corrected chi connectivity index (χ0v) is 11.5. The van der Waals surface area contributed by atoms with Gasteiger partial charge in [-0.05, 0) is 0 Å². The van der Waals surface area contributed by atoms with Crippen LogP contribution in [0.2, 0.25) is 0 Å². The summed E-state index contributed by atoms with van der Waals surface area (Å²) in [7, 11) is 1.68. The Hall–Kier alpha value is -1.73. The number of carbonyl (C=O) groups is 1. The molecule has 110 valence electrons. The van der Waals surface area contributed by atoms with Gasteiger partial charge >= 0.3 is 6.03 Å². The zero-order valence-electron chi connectivity index (χ0n) is 11.5. The van der Waals surface area contributed by atoms with Crippen LogP contribution in [0, 0.1) is 5.82 Å². The number of pyridine rings is 1. The molecular weight excluding hydrogens is 263 g/mol. The predicted octanol–water partition coefficient (Wildman–Crippen LogP) is 1.02. The minimum absolute atomic E-state index is 0.219. The number of carbonyl (C=O) groups excluding carboxylic acids is 1. The molecular formula is C13H19FN4O2. The third-order valence-electron chi connectivity index (χ3n) is 3.23. The molecule has 0 saturated carbocycles. The number of methoxy groups -OCH3 is 1. The van der Waals surface area contributed by atoms with Gasteiger partial charge in [0.05, 0.1) is 24.7 Å². The number of aromatic nitrogens is 1. The van der Waals surface area contributed by atoms with Gasteiger partial charge in [0, 0.05) is 45.9 Å². The first-order valence-electron chi connectivity index (χ1n) is 6.57. The van der Waals surface area contributed by atoms with Gasteiger partial charge in [-0.15, -0.1) is 0 Å². The van der Waals surface area contributed by atoms with E-state index in [9.17, 15) is 9.18 Å². The van der Waals surface area contributed by atoms with Crippen LogP contribution in [0.5, 0.6) is 0 Å². The molecule has 2 rings (SSSR count). The van der Waals surface area contributed by atoms with E-state index in [-0.39, 0.29) is 6.03 Å². The van der Waals surface area contributed by atoms with Gasteiger partial charge in [0.1, 0.15) is 5.82 Å². The fourth-order valence-corrected chi connectivity index (χ4v) is 2.08. The summed E-state index contributed by atoms with van der Waals surface area (Å²) in [5.41, 5.74) is 0.372. The molecule has 0 bridgehead atoms. The molecule has 0 aliphatic carbocycles. The summed E-state index contributed by atoms with van der Waals surface area (Å²) >= 11 is 0. The highest BCUT2D eigenvalue weighted by Gasteiger charge is 2.20. The van der Waals surface area contributed by atoms with E-state index in [0.717, 1.165) is 25.8 Å². The number of halogens is 1. The molecule has 1 fully saturated rings. The molecule has 0 atom stereocenters. The number of urea groups is 1. The molecule has 2 heterocycles. The number of piperazine rings is 1. The van der Waals surface area contributed by atoms with Crippen molar-refractivity contribution in [3.05, 3.63) is 24.3 Å². The lowest BCUT2D eigenvalue weighted by Crippen LogP contribution is -2.50. The van der Waals surface area contributed by atoms with Crippen LogP contribution in [-0.4, -0.2) is 67.3 Å². The molecule has 1 aromatic rings.